The predicted octanol–water partition coefficient (Wildman–Crippen LogP) is 3.99. The van der Waals surface area contributed by atoms with E-state index in [1.807, 2.05) is 30.3 Å². The summed E-state index contributed by atoms with van der Waals surface area (Å²) < 4.78 is 47.0. The highest BCUT2D eigenvalue weighted by molar-refractivity contribution is 5.82. The van der Waals surface area contributed by atoms with E-state index in [2.05, 4.69) is 0 Å². The molecular formula is C27H28F3N3O4. The Bertz CT molecular complexity index is 1350. The van der Waals surface area contributed by atoms with Gasteiger partial charge in [0.05, 0.1) is 23.9 Å². The standard InChI is InChI=1S/C27H28F3N3O4/c1-3-37-24(34)18(2)16-32-17-23(20-7-5-4-6-8-20)33(26(32)36)22-10-9-19-11-13-31(14-12-21(19)15-22)25(35)27(28,29)30/h4-10,15,17-18H,3,11-14,16H2,1-2H3. The maximum atomic E-state index is 13.6. The number of hydrogen-bond acceptors (Lipinski definition) is 4. The van der Waals surface area contributed by atoms with Crippen LogP contribution in [0.1, 0.15) is 25.0 Å². The van der Waals surface area contributed by atoms with Crippen LogP contribution in [-0.2, 0) is 33.7 Å². The van der Waals surface area contributed by atoms with Crippen LogP contribution in [0.15, 0.2) is 59.5 Å². The zero-order valence-electron chi connectivity index (χ0n) is 20.6. The van der Waals surface area contributed by atoms with Gasteiger partial charge in [-0.2, -0.15) is 13.2 Å². The van der Waals surface area contributed by atoms with Crippen LogP contribution >= 0.6 is 0 Å². The van der Waals surface area contributed by atoms with E-state index in [9.17, 15) is 27.6 Å². The van der Waals surface area contributed by atoms with Crippen molar-refractivity contribution in [3.8, 4) is 16.9 Å². The monoisotopic (exact) mass is 515 g/mol. The van der Waals surface area contributed by atoms with Gasteiger partial charge in [-0.15, -0.1) is 0 Å². The highest BCUT2D eigenvalue weighted by Crippen LogP contribution is 2.26. The van der Waals surface area contributed by atoms with Crippen LogP contribution in [0.2, 0.25) is 0 Å². The quantitative estimate of drug-likeness (QED) is 0.466. The van der Waals surface area contributed by atoms with Crippen LogP contribution in [0, 0.1) is 5.92 Å². The molecule has 37 heavy (non-hydrogen) atoms. The van der Waals surface area contributed by atoms with Gasteiger partial charge in [-0.05, 0) is 43.0 Å². The highest BCUT2D eigenvalue weighted by Gasteiger charge is 2.42. The molecule has 10 heteroatoms. The Morgan fingerprint density at radius 3 is 2.35 bits per heavy atom. The molecule has 1 aliphatic heterocycles. The fraction of sp³-hybridized carbons (Fsp3) is 0.370. The number of aromatic nitrogens is 2. The predicted molar refractivity (Wildman–Crippen MR) is 131 cm³/mol. The first-order valence-corrected chi connectivity index (χ1v) is 12.1. The summed E-state index contributed by atoms with van der Waals surface area (Å²) in [7, 11) is 0. The number of carbonyl (C=O) groups excluding carboxylic acids is 2. The van der Waals surface area contributed by atoms with E-state index in [4.69, 9.17) is 4.74 Å². The number of rotatable bonds is 6. The Hall–Kier alpha value is -3.82. The molecule has 0 N–H and O–H groups in total. The minimum Gasteiger partial charge on any atom is -0.466 e. The molecule has 4 rings (SSSR count). The van der Waals surface area contributed by atoms with Crippen molar-refractivity contribution in [2.24, 2.45) is 5.92 Å². The summed E-state index contributed by atoms with van der Waals surface area (Å²) >= 11 is 0. The Kier molecular flexibility index (Phi) is 7.56. The second kappa shape index (κ2) is 10.7. The molecule has 0 fully saturated rings. The maximum Gasteiger partial charge on any atom is 0.471 e. The summed E-state index contributed by atoms with van der Waals surface area (Å²) in [5.41, 5.74) is 3.24. The topological polar surface area (TPSA) is 73.5 Å². The third kappa shape index (κ3) is 5.63. The van der Waals surface area contributed by atoms with Gasteiger partial charge in [-0.3, -0.25) is 18.7 Å². The number of hydrogen-bond donors (Lipinski definition) is 0. The third-order valence-corrected chi connectivity index (χ3v) is 6.46. The minimum absolute atomic E-state index is 0.0258. The number of alkyl halides is 3. The fourth-order valence-corrected chi connectivity index (χ4v) is 4.57. The average molecular weight is 516 g/mol. The summed E-state index contributed by atoms with van der Waals surface area (Å²) in [6.07, 6.45) is -2.69. The molecule has 1 amide bonds. The van der Waals surface area contributed by atoms with E-state index in [-0.39, 0.29) is 44.8 Å². The van der Waals surface area contributed by atoms with Crippen molar-refractivity contribution in [1.29, 1.82) is 0 Å². The maximum absolute atomic E-state index is 13.6. The molecule has 2 aromatic carbocycles. The van der Waals surface area contributed by atoms with Gasteiger partial charge in [0.2, 0.25) is 0 Å². The summed E-state index contributed by atoms with van der Waals surface area (Å²) in [4.78, 5) is 38.3. The largest absolute Gasteiger partial charge is 0.471 e. The van der Waals surface area contributed by atoms with E-state index in [0.717, 1.165) is 21.6 Å². The Labute approximate surface area is 212 Å². The summed E-state index contributed by atoms with van der Waals surface area (Å²) in [6.45, 7) is 3.70. The van der Waals surface area contributed by atoms with Crippen LogP contribution in [-0.4, -0.2) is 51.8 Å². The molecule has 2 heterocycles. The molecule has 0 bridgehead atoms. The number of esters is 1. The lowest BCUT2D eigenvalue weighted by Gasteiger charge is -2.21. The van der Waals surface area contributed by atoms with Gasteiger partial charge < -0.3 is 9.64 Å². The molecule has 0 radical (unpaired) electrons. The smallest absolute Gasteiger partial charge is 0.466 e. The van der Waals surface area contributed by atoms with Gasteiger partial charge in [0.15, 0.2) is 0 Å². The highest BCUT2D eigenvalue weighted by atomic mass is 19.4. The molecule has 0 aliphatic carbocycles. The van der Waals surface area contributed by atoms with E-state index < -0.39 is 24.0 Å². The number of ether oxygens (including phenoxy) is 1. The zero-order chi connectivity index (χ0) is 26.7. The first-order chi connectivity index (χ1) is 17.6. The zero-order valence-corrected chi connectivity index (χ0v) is 20.6. The van der Waals surface area contributed by atoms with E-state index in [1.165, 1.54) is 9.13 Å². The second-order valence-corrected chi connectivity index (χ2v) is 9.05. The Balaban J connectivity index is 1.71. The first-order valence-electron chi connectivity index (χ1n) is 12.1. The van der Waals surface area contributed by atoms with Crippen molar-refractivity contribution < 1.29 is 27.5 Å². The van der Waals surface area contributed by atoms with Gasteiger partial charge in [0.1, 0.15) is 0 Å². The Morgan fingerprint density at radius 1 is 1.03 bits per heavy atom. The van der Waals surface area contributed by atoms with Crippen LogP contribution < -0.4 is 5.69 Å². The number of imidazole rings is 1. The number of halogens is 3. The minimum atomic E-state index is -4.91. The number of benzene rings is 2. The summed E-state index contributed by atoms with van der Waals surface area (Å²) in [5, 5.41) is 0. The van der Waals surface area contributed by atoms with E-state index >= 15 is 0 Å². The van der Waals surface area contributed by atoms with Crippen molar-refractivity contribution in [3.63, 3.8) is 0 Å². The van der Waals surface area contributed by atoms with Gasteiger partial charge in [0.25, 0.3) is 0 Å². The second-order valence-electron chi connectivity index (χ2n) is 9.05. The molecule has 1 atom stereocenters. The molecule has 0 saturated carbocycles. The van der Waals surface area contributed by atoms with Crippen molar-refractivity contribution in [1.82, 2.24) is 14.0 Å². The molecule has 7 nitrogen and oxygen atoms in total. The van der Waals surface area contributed by atoms with E-state index in [1.54, 1.807) is 38.2 Å². The normalized spacial score (nSPS) is 14.6. The molecule has 0 spiro atoms. The van der Waals surface area contributed by atoms with Crippen LogP contribution in [0.25, 0.3) is 16.9 Å². The average Bonchev–Trinajstić information content (AvgIpc) is 3.05. The van der Waals surface area contributed by atoms with Crippen molar-refractivity contribution >= 4 is 11.9 Å². The van der Waals surface area contributed by atoms with Crippen molar-refractivity contribution in [2.75, 3.05) is 19.7 Å². The number of amides is 1. The Morgan fingerprint density at radius 2 is 1.70 bits per heavy atom. The number of nitrogens with zero attached hydrogens (tertiary/aromatic N) is 3. The van der Waals surface area contributed by atoms with Crippen LogP contribution in [0.5, 0.6) is 0 Å². The van der Waals surface area contributed by atoms with E-state index in [0.29, 0.717) is 11.4 Å². The summed E-state index contributed by atoms with van der Waals surface area (Å²) in [6, 6.07) is 14.7. The number of carbonyl (C=O) groups is 2. The SMILES string of the molecule is CCOC(=O)C(C)Cn1cc(-c2ccccc2)n(-c2ccc3c(c2)CCN(C(=O)C(F)(F)F)CC3)c1=O. The molecular weight excluding hydrogens is 487 g/mol. The lowest BCUT2D eigenvalue weighted by molar-refractivity contribution is -0.185. The number of fused-ring (bicyclic) bond motifs is 1. The first kappa shape index (κ1) is 26.2. The molecule has 0 saturated heterocycles. The van der Waals surface area contributed by atoms with Gasteiger partial charge >= 0.3 is 23.7 Å². The fourth-order valence-electron chi connectivity index (χ4n) is 4.57. The van der Waals surface area contributed by atoms with Crippen LogP contribution in [0.3, 0.4) is 0 Å². The lowest BCUT2D eigenvalue weighted by atomic mass is 10.0. The lowest BCUT2D eigenvalue weighted by Crippen LogP contribution is -2.42. The van der Waals surface area contributed by atoms with Gasteiger partial charge in [-0.25, -0.2) is 4.79 Å². The van der Waals surface area contributed by atoms with Gasteiger partial charge in [0, 0.05) is 31.4 Å². The molecule has 3 aromatic rings. The molecule has 196 valence electrons. The van der Waals surface area contributed by atoms with Crippen LogP contribution in [0.4, 0.5) is 13.2 Å². The van der Waals surface area contributed by atoms with Gasteiger partial charge in [-0.1, -0.05) is 43.3 Å². The molecule has 1 aliphatic rings. The molecule has 1 unspecified atom stereocenters. The van der Waals surface area contributed by atoms with Crippen molar-refractivity contribution in [3.05, 3.63) is 76.3 Å². The van der Waals surface area contributed by atoms with Crippen molar-refractivity contribution in [2.45, 2.75) is 39.4 Å². The third-order valence-electron chi connectivity index (χ3n) is 6.46. The molecule has 1 aromatic heterocycles. The summed E-state index contributed by atoms with van der Waals surface area (Å²) in [5.74, 6) is -2.77.